The number of halogens is 1. The van der Waals surface area contributed by atoms with Gasteiger partial charge in [-0.2, -0.15) is 0 Å². The number of carbonyl (C=O) groups is 1. The summed E-state index contributed by atoms with van der Waals surface area (Å²) >= 11 is 5.92. The molecule has 70 valence electrons. The molecule has 1 aromatic rings. The highest BCUT2D eigenvalue weighted by Gasteiger charge is 2.21. The van der Waals surface area contributed by atoms with E-state index in [0.29, 0.717) is 18.0 Å². The Kier molecular flexibility index (Phi) is 2.12. The number of imidazole rings is 1. The molecule has 0 radical (unpaired) electrons. The molecule has 4 heteroatoms. The summed E-state index contributed by atoms with van der Waals surface area (Å²) in [6.45, 7) is 2.79. The fourth-order valence-electron chi connectivity index (χ4n) is 1.72. The fourth-order valence-corrected chi connectivity index (χ4v) is 1.99. The standard InChI is InChI=1S/C9H11ClN2O/c1-2-8-11-9(10)7-5-6(13)3-4-12(7)8/h2-5H2,1H3. The molecule has 0 aromatic carbocycles. The Morgan fingerprint density at radius 1 is 1.62 bits per heavy atom. The monoisotopic (exact) mass is 198 g/mol. The maximum absolute atomic E-state index is 11.2. The van der Waals surface area contributed by atoms with Crippen molar-refractivity contribution in [2.75, 3.05) is 0 Å². The molecular weight excluding hydrogens is 188 g/mol. The minimum absolute atomic E-state index is 0.261. The van der Waals surface area contributed by atoms with E-state index in [1.807, 2.05) is 6.92 Å². The second-order valence-electron chi connectivity index (χ2n) is 3.24. The van der Waals surface area contributed by atoms with E-state index in [1.165, 1.54) is 0 Å². The van der Waals surface area contributed by atoms with Gasteiger partial charge in [0.25, 0.3) is 0 Å². The van der Waals surface area contributed by atoms with Crippen LogP contribution >= 0.6 is 11.6 Å². The Hall–Kier alpha value is -0.830. The summed E-state index contributed by atoms with van der Waals surface area (Å²) in [6.07, 6.45) is 1.94. The lowest BCUT2D eigenvalue weighted by Crippen LogP contribution is -2.19. The number of Topliss-reactive ketones (excluding diaryl/α,β-unsaturated/α-hetero) is 1. The number of fused-ring (bicyclic) bond motifs is 1. The first-order valence-electron chi connectivity index (χ1n) is 4.48. The molecule has 0 saturated carbocycles. The van der Waals surface area contributed by atoms with Crippen LogP contribution in [0.15, 0.2) is 0 Å². The topological polar surface area (TPSA) is 34.9 Å². The van der Waals surface area contributed by atoms with E-state index in [-0.39, 0.29) is 5.78 Å². The van der Waals surface area contributed by atoms with Crippen molar-refractivity contribution in [3.05, 3.63) is 16.7 Å². The zero-order chi connectivity index (χ0) is 9.42. The molecule has 1 aromatic heterocycles. The number of hydrogen-bond acceptors (Lipinski definition) is 2. The molecule has 0 unspecified atom stereocenters. The van der Waals surface area contributed by atoms with Crippen LogP contribution in [0.1, 0.15) is 24.9 Å². The SMILES string of the molecule is CCc1nc(Cl)c2n1CCC(=O)C2. The fraction of sp³-hybridized carbons (Fsp3) is 0.556. The van der Waals surface area contributed by atoms with Crippen molar-refractivity contribution in [1.82, 2.24) is 9.55 Å². The molecule has 3 nitrogen and oxygen atoms in total. The number of aryl methyl sites for hydroxylation is 1. The van der Waals surface area contributed by atoms with Crippen molar-refractivity contribution in [2.45, 2.75) is 32.7 Å². The van der Waals surface area contributed by atoms with E-state index in [4.69, 9.17) is 11.6 Å². The van der Waals surface area contributed by atoms with E-state index >= 15 is 0 Å². The molecule has 2 rings (SSSR count). The Labute approximate surface area is 81.7 Å². The maximum Gasteiger partial charge on any atom is 0.151 e. The van der Waals surface area contributed by atoms with E-state index in [1.54, 1.807) is 0 Å². The summed E-state index contributed by atoms with van der Waals surface area (Å²) in [6, 6.07) is 0. The zero-order valence-corrected chi connectivity index (χ0v) is 8.26. The lowest BCUT2D eigenvalue weighted by Gasteiger charge is -2.15. The normalized spacial score (nSPS) is 16.0. The summed E-state index contributed by atoms with van der Waals surface area (Å²) in [7, 11) is 0. The van der Waals surface area contributed by atoms with Crippen molar-refractivity contribution in [2.24, 2.45) is 0 Å². The van der Waals surface area contributed by atoms with Gasteiger partial charge in [0.1, 0.15) is 11.6 Å². The van der Waals surface area contributed by atoms with Crippen molar-refractivity contribution in [3.63, 3.8) is 0 Å². The number of hydrogen-bond donors (Lipinski definition) is 0. The van der Waals surface area contributed by atoms with Gasteiger partial charge in [-0.1, -0.05) is 18.5 Å². The van der Waals surface area contributed by atoms with Crippen molar-refractivity contribution < 1.29 is 4.79 Å². The summed E-state index contributed by atoms with van der Waals surface area (Å²) in [5, 5.41) is 0.505. The van der Waals surface area contributed by atoms with Gasteiger partial charge in [0, 0.05) is 25.8 Å². The van der Waals surface area contributed by atoms with Crippen LogP contribution in [0.3, 0.4) is 0 Å². The Bertz CT molecular complexity index is 357. The Morgan fingerprint density at radius 2 is 2.38 bits per heavy atom. The van der Waals surface area contributed by atoms with Crippen LogP contribution in [0.4, 0.5) is 0 Å². The maximum atomic E-state index is 11.2. The number of ketones is 1. The van der Waals surface area contributed by atoms with Crippen molar-refractivity contribution in [3.8, 4) is 0 Å². The third-order valence-electron chi connectivity index (χ3n) is 2.40. The molecule has 0 N–H and O–H groups in total. The Morgan fingerprint density at radius 3 is 3.08 bits per heavy atom. The van der Waals surface area contributed by atoms with Gasteiger partial charge in [0.15, 0.2) is 5.15 Å². The van der Waals surface area contributed by atoms with E-state index in [9.17, 15) is 4.79 Å². The van der Waals surface area contributed by atoms with Crippen LogP contribution in [0.5, 0.6) is 0 Å². The van der Waals surface area contributed by atoms with Gasteiger partial charge in [-0.25, -0.2) is 4.98 Å². The van der Waals surface area contributed by atoms with Gasteiger partial charge in [-0.15, -0.1) is 0 Å². The minimum atomic E-state index is 0.261. The van der Waals surface area contributed by atoms with Crippen LogP contribution in [0.2, 0.25) is 5.15 Å². The third-order valence-corrected chi connectivity index (χ3v) is 2.70. The predicted octanol–water partition coefficient (Wildman–Crippen LogP) is 1.61. The van der Waals surface area contributed by atoms with Gasteiger partial charge in [-0.05, 0) is 0 Å². The molecule has 0 saturated heterocycles. The molecule has 1 aliphatic heterocycles. The molecule has 0 bridgehead atoms. The van der Waals surface area contributed by atoms with E-state index < -0.39 is 0 Å². The summed E-state index contributed by atoms with van der Waals surface area (Å²) < 4.78 is 2.07. The van der Waals surface area contributed by atoms with Crippen LogP contribution in [-0.4, -0.2) is 15.3 Å². The number of nitrogens with zero attached hydrogens (tertiary/aromatic N) is 2. The zero-order valence-electron chi connectivity index (χ0n) is 7.51. The second kappa shape index (κ2) is 3.14. The number of aromatic nitrogens is 2. The number of rotatable bonds is 1. The van der Waals surface area contributed by atoms with Crippen LogP contribution in [0.25, 0.3) is 0 Å². The van der Waals surface area contributed by atoms with E-state index in [0.717, 1.165) is 24.5 Å². The molecular formula is C9H11ClN2O. The second-order valence-corrected chi connectivity index (χ2v) is 3.59. The third kappa shape index (κ3) is 1.37. The lowest BCUT2D eigenvalue weighted by molar-refractivity contribution is -0.119. The van der Waals surface area contributed by atoms with Gasteiger partial charge >= 0.3 is 0 Å². The highest BCUT2D eigenvalue weighted by molar-refractivity contribution is 6.30. The molecule has 0 fully saturated rings. The van der Waals surface area contributed by atoms with Crippen molar-refractivity contribution >= 4 is 17.4 Å². The Balaban J connectivity index is 2.47. The summed E-state index contributed by atoms with van der Waals surface area (Å²) in [5.74, 6) is 1.25. The van der Waals surface area contributed by atoms with Gasteiger partial charge in [0.2, 0.25) is 0 Å². The predicted molar refractivity (Wildman–Crippen MR) is 49.9 cm³/mol. The highest BCUT2D eigenvalue weighted by Crippen LogP contribution is 2.22. The van der Waals surface area contributed by atoms with Crippen LogP contribution in [0, 0.1) is 0 Å². The molecule has 2 heterocycles. The van der Waals surface area contributed by atoms with Crippen LogP contribution < -0.4 is 0 Å². The average molecular weight is 199 g/mol. The molecule has 0 spiro atoms. The molecule has 0 aliphatic carbocycles. The van der Waals surface area contributed by atoms with Crippen molar-refractivity contribution in [1.29, 1.82) is 0 Å². The first-order chi connectivity index (χ1) is 6.22. The van der Waals surface area contributed by atoms with Crippen LogP contribution in [-0.2, 0) is 24.2 Å². The van der Waals surface area contributed by atoms with Gasteiger partial charge < -0.3 is 4.57 Å². The summed E-state index contributed by atoms with van der Waals surface area (Å²) in [4.78, 5) is 15.4. The smallest absolute Gasteiger partial charge is 0.151 e. The number of carbonyl (C=O) groups excluding carboxylic acids is 1. The molecule has 13 heavy (non-hydrogen) atoms. The lowest BCUT2D eigenvalue weighted by atomic mass is 10.1. The molecule has 1 aliphatic rings. The largest absolute Gasteiger partial charge is 0.330 e. The van der Waals surface area contributed by atoms with E-state index in [2.05, 4.69) is 9.55 Å². The first-order valence-corrected chi connectivity index (χ1v) is 4.85. The van der Waals surface area contributed by atoms with Gasteiger partial charge in [0.05, 0.1) is 5.69 Å². The minimum Gasteiger partial charge on any atom is -0.330 e. The van der Waals surface area contributed by atoms with Gasteiger partial charge in [-0.3, -0.25) is 4.79 Å². The average Bonchev–Trinajstić information content (AvgIpc) is 2.43. The quantitative estimate of drug-likeness (QED) is 0.687. The molecule has 0 amide bonds. The first kappa shape index (κ1) is 8.75. The highest BCUT2D eigenvalue weighted by atomic mass is 35.5. The molecule has 0 atom stereocenters. The summed E-state index contributed by atoms with van der Waals surface area (Å²) in [5.41, 5.74) is 0.898.